The lowest BCUT2D eigenvalue weighted by atomic mass is 10.1. The van der Waals surface area contributed by atoms with Crippen LogP contribution in [-0.2, 0) is 9.53 Å². The van der Waals surface area contributed by atoms with E-state index in [0.717, 1.165) is 6.08 Å². The molecule has 23 heavy (non-hydrogen) atoms. The normalized spacial score (nSPS) is 12.1. The van der Waals surface area contributed by atoms with Crippen molar-refractivity contribution in [2.75, 3.05) is 0 Å². The van der Waals surface area contributed by atoms with Crippen LogP contribution in [0.15, 0.2) is 54.6 Å². The summed E-state index contributed by atoms with van der Waals surface area (Å²) < 4.78 is 18.6. The van der Waals surface area contributed by atoms with Gasteiger partial charge in [0.2, 0.25) is 0 Å². The van der Waals surface area contributed by atoms with Gasteiger partial charge in [-0.25, -0.2) is 9.18 Å². The number of non-ortho nitro benzene ring substituents is 1. The Balaban J connectivity index is 2.04. The Kier molecular flexibility index (Phi) is 5.19. The number of nitrogens with zero attached hydrogens (tertiary/aromatic N) is 1. The maximum Gasteiger partial charge on any atom is 0.331 e. The summed E-state index contributed by atoms with van der Waals surface area (Å²) in [6.07, 6.45) is 1.78. The summed E-state index contributed by atoms with van der Waals surface area (Å²) >= 11 is 0. The minimum Gasteiger partial charge on any atom is -0.455 e. The highest BCUT2D eigenvalue weighted by Crippen LogP contribution is 2.22. The predicted octanol–water partition coefficient (Wildman–Crippen LogP) is 4.05. The molecule has 5 nitrogen and oxygen atoms in total. The van der Waals surface area contributed by atoms with Gasteiger partial charge in [0.25, 0.3) is 5.69 Å². The van der Waals surface area contributed by atoms with Crippen LogP contribution in [-0.4, -0.2) is 10.9 Å². The fourth-order valence-electron chi connectivity index (χ4n) is 1.94. The van der Waals surface area contributed by atoms with Crippen LogP contribution >= 0.6 is 0 Å². The van der Waals surface area contributed by atoms with E-state index in [1.807, 2.05) is 0 Å². The highest BCUT2D eigenvalue weighted by Gasteiger charge is 2.13. The van der Waals surface area contributed by atoms with E-state index in [2.05, 4.69) is 0 Å². The molecule has 0 aromatic heterocycles. The Bertz CT molecular complexity index is 758. The smallest absolute Gasteiger partial charge is 0.331 e. The summed E-state index contributed by atoms with van der Waals surface area (Å²) in [7, 11) is 0. The number of esters is 1. The number of nitro groups is 1. The van der Waals surface area contributed by atoms with Crippen LogP contribution in [0.5, 0.6) is 0 Å². The van der Waals surface area contributed by atoms with Crippen molar-refractivity contribution in [2.24, 2.45) is 0 Å². The van der Waals surface area contributed by atoms with Gasteiger partial charge in [-0.05, 0) is 24.6 Å². The number of halogens is 1. The van der Waals surface area contributed by atoms with E-state index in [1.54, 1.807) is 25.1 Å². The number of benzene rings is 2. The number of ether oxygens (including phenoxy) is 1. The molecule has 6 heteroatoms. The molecule has 2 aromatic rings. The predicted molar refractivity (Wildman–Crippen MR) is 83.0 cm³/mol. The molecule has 0 amide bonds. The van der Waals surface area contributed by atoms with Crippen molar-refractivity contribution in [3.8, 4) is 0 Å². The molecule has 0 radical (unpaired) electrons. The number of carbonyl (C=O) groups excluding carboxylic acids is 1. The molecule has 0 aliphatic rings. The monoisotopic (exact) mass is 315 g/mol. The Morgan fingerprint density at radius 2 is 2.00 bits per heavy atom. The lowest BCUT2D eigenvalue weighted by molar-refractivity contribution is -0.385. The zero-order valence-electron chi connectivity index (χ0n) is 12.3. The van der Waals surface area contributed by atoms with Gasteiger partial charge in [0.15, 0.2) is 0 Å². The minimum atomic E-state index is -0.660. The third-order valence-electron chi connectivity index (χ3n) is 3.15. The highest BCUT2D eigenvalue weighted by atomic mass is 19.1. The Morgan fingerprint density at radius 3 is 2.70 bits per heavy atom. The first-order valence-electron chi connectivity index (χ1n) is 6.85. The summed E-state index contributed by atoms with van der Waals surface area (Å²) in [5, 5.41) is 10.7. The van der Waals surface area contributed by atoms with E-state index in [1.165, 1.54) is 36.4 Å². The fraction of sp³-hybridized carbons (Fsp3) is 0.118. The summed E-state index contributed by atoms with van der Waals surface area (Å²) in [6.45, 7) is 1.61. The van der Waals surface area contributed by atoms with Crippen molar-refractivity contribution in [1.82, 2.24) is 0 Å². The molecule has 2 rings (SSSR count). The summed E-state index contributed by atoms with van der Waals surface area (Å²) in [6, 6.07) is 11.9. The number of nitro benzene ring substituents is 1. The van der Waals surface area contributed by atoms with E-state index in [9.17, 15) is 19.3 Å². The molecule has 0 saturated heterocycles. The summed E-state index contributed by atoms with van der Waals surface area (Å²) in [4.78, 5) is 22.0. The lowest BCUT2D eigenvalue weighted by Crippen LogP contribution is -2.06. The van der Waals surface area contributed by atoms with Gasteiger partial charge in [0, 0.05) is 23.8 Å². The largest absolute Gasteiger partial charge is 0.455 e. The highest BCUT2D eigenvalue weighted by molar-refractivity contribution is 5.87. The Hall–Kier alpha value is -3.02. The van der Waals surface area contributed by atoms with Crippen molar-refractivity contribution >= 4 is 17.7 Å². The molecule has 0 fully saturated rings. The fourth-order valence-corrected chi connectivity index (χ4v) is 1.94. The SMILES string of the molecule is C[C@H](OC(=O)/C=C/c1ccccc1F)c1cccc([N+](=O)[O-])c1. The van der Waals surface area contributed by atoms with Crippen LogP contribution in [0.1, 0.15) is 24.2 Å². The molecule has 2 aromatic carbocycles. The van der Waals surface area contributed by atoms with Gasteiger partial charge in [-0.3, -0.25) is 10.1 Å². The summed E-state index contributed by atoms with van der Waals surface area (Å²) in [5.74, 6) is -1.10. The second-order valence-corrected chi connectivity index (χ2v) is 4.79. The van der Waals surface area contributed by atoms with Crippen molar-refractivity contribution in [2.45, 2.75) is 13.0 Å². The first kappa shape index (κ1) is 16.4. The zero-order chi connectivity index (χ0) is 16.8. The van der Waals surface area contributed by atoms with Gasteiger partial charge >= 0.3 is 5.97 Å². The standard InChI is InChI=1S/C17H14FNO4/c1-12(14-6-4-7-15(11-14)19(21)22)23-17(20)10-9-13-5-2-3-8-16(13)18/h2-12H,1H3/b10-9+/t12-/m0/s1. The van der Waals surface area contributed by atoms with E-state index in [-0.39, 0.29) is 11.3 Å². The van der Waals surface area contributed by atoms with Crippen molar-refractivity contribution in [3.63, 3.8) is 0 Å². The van der Waals surface area contributed by atoms with Gasteiger partial charge in [-0.15, -0.1) is 0 Å². The molecule has 0 N–H and O–H groups in total. The quantitative estimate of drug-likeness (QED) is 0.361. The molecule has 0 saturated carbocycles. The number of rotatable bonds is 5. The molecule has 0 bridgehead atoms. The number of hydrogen-bond acceptors (Lipinski definition) is 4. The van der Waals surface area contributed by atoms with E-state index in [4.69, 9.17) is 4.74 Å². The lowest BCUT2D eigenvalue weighted by Gasteiger charge is -2.11. The van der Waals surface area contributed by atoms with Crippen molar-refractivity contribution in [3.05, 3.63) is 81.7 Å². The van der Waals surface area contributed by atoms with Gasteiger partial charge in [0.05, 0.1) is 4.92 Å². The minimum absolute atomic E-state index is 0.0766. The molecule has 0 unspecified atom stereocenters. The van der Waals surface area contributed by atoms with Crippen LogP contribution in [0.25, 0.3) is 6.08 Å². The van der Waals surface area contributed by atoms with Crippen LogP contribution in [0.3, 0.4) is 0 Å². The second-order valence-electron chi connectivity index (χ2n) is 4.79. The van der Waals surface area contributed by atoms with Crippen molar-refractivity contribution in [1.29, 1.82) is 0 Å². The summed E-state index contributed by atoms with van der Waals surface area (Å²) in [5.41, 5.74) is 0.701. The average Bonchev–Trinajstić information content (AvgIpc) is 2.54. The van der Waals surface area contributed by atoms with Crippen molar-refractivity contribution < 1.29 is 18.8 Å². The molecule has 0 aliphatic carbocycles. The first-order valence-corrected chi connectivity index (χ1v) is 6.85. The van der Waals surface area contributed by atoms with Gasteiger partial charge < -0.3 is 4.74 Å². The maximum absolute atomic E-state index is 13.4. The third-order valence-corrected chi connectivity index (χ3v) is 3.15. The third kappa shape index (κ3) is 4.47. The van der Waals surface area contributed by atoms with Crippen LogP contribution in [0.2, 0.25) is 0 Å². The number of carbonyl (C=O) groups is 1. The van der Waals surface area contributed by atoms with E-state index < -0.39 is 22.8 Å². The Labute approximate surface area is 132 Å². The van der Waals surface area contributed by atoms with Crippen LogP contribution in [0.4, 0.5) is 10.1 Å². The molecule has 0 heterocycles. The topological polar surface area (TPSA) is 69.4 Å². The van der Waals surface area contributed by atoms with Crippen LogP contribution < -0.4 is 0 Å². The molecule has 118 valence electrons. The molecule has 0 spiro atoms. The zero-order valence-corrected chi connectivity index (χ0v) is 12.3. The second kappa shape index (κ2) is 7.31. The van der Waals surface area contributed by atoms with Gasteiger partial charge in [0.1, 0.15) is 11.9 Å². The maximum atomic E-state index is 13.4. The molecule has 1 atom stereocenters. The number of hydrogen-bond donors (Lipinski definition) is 0. The molecular formula is C17H14FNO4. The van der Waals surface area contributed by atoms with Gasteiger partial charge in [-0.1, -0.05) is 30.3 Å². The Morgan fingerprint density at radius 1 is 1.26 bits per heavy atom. The van der Waals surface area contributed by atoms with E-state index in [0.29, 0.717) is 5.56 Å². The molecule has 0 aliphatic heterocycles. The van der Waals surface area contributed by atoms with E-state index >= 15 is 0 Å². The van der Waals surface area contributed by atoms with Gasteiger partial charge in [-0.2, -0.15) is 0 Å². The molecular weight excluding hydrogens is 301 g/mol. The first-order chi connectivity index (χ1) is 11.0. The van der Waals surface area contributed by atoms with Crippen LogP contribution in [0, 0.1) is 15.9 Å². The average molecular weight is 315 g/mol.